The van der Waals surface area contributed by atoms with Crippen molar-refractivity contribution < 1.29 is 73.8 Å². The smallest absolute Gasteiger partial charge is 0.264 e. The van der Waals surface area contributed by atoms with Gasteiger partial charge in [0.2, 0.25) is 0 Å². The minimum Gasteiger partial charge on any atom is -0.264 e. The van der Waals surface area contributed by atoms with Crippen LogP contribution in [0.15, 0.2) is 0 Å². The Balaban J connectivity index is -0.0000000457. The number of hydrogen-bond acceptors (Lipinski definition) is 4. The summed E-state index contributed by atoms with van der Waals surface area (Å²) in [6, 6.07) is 0. The van der Waals surface area contributed by atoms with Crippen molar-refractivity contribution in [3.63, 3.8) is 0 Å². The summed E-state index contributed by atoms with van der Waals surface area (Å²) in [4.78, 5) is 0. The van der Waals surface area contributed by atoms with Gasteiger partial charge >= 0.3 is 20.8 Å². The molecule has 0 aromatic heterocycles. The minimum atomic E-state index is -4.67. The molecule has 0 unspecified atom stereocenters. The van der Waals surface area contributed by atoms with Gasteiger partial charge in [-0.05, 0) is 0 Å². The molecule has 0 aromatic rings. The van der Waals surface area contributed by atoms with Crippen molar-refractivity contribution in [2.45, 2.75) is 0 Å². The molecule has 0 heterocycles. The molecule has 0 spiro atoms. The normalized spacial score (nSPS) is 9.67. The van der Waals surface area contributed by atoms with Gasteiger partial charge < -0.3 is 0 Å². The fourth-order valence-electron chi connectivity index (χ4n) is 0. The minimum absolute atomic E-state index is 0. The Kier molecular flexibility index (Phi) is 16.5. The third kappa shape index (κ3) is 1150. The van der Waals surface area contributed by atoms with Crippen LogP contribution in [0.25, 0.3) is 0 Å². The van der Waals surface area contributed by atoms with Crippen LogP contribution >= 0.6 is 0 Å². The quantitative estimate of drug-likeness (QED) is 0.318. The summed E-state index contributed by atoms with van der Waals surface area (Å²) >= 11 is 0. The summed E-state index contributed by atoms with van der Waals surface area (Å²) in [6.07, 6.45) is 0. The zero-order valence-electron chi connectivity index (χ0n) is 5.09. The van der Waals surface area contributed by atoms with Gasteiger partial charge in [-0.1, -0.05) is 0 Å². The van der Waals surface area contributed by atoms with Crippen LogP contribution in [0.4, 0.5) is 0 Å². The van der Waals surface area contributed by atoms with Crippen LogP contribution in [0, 0.1) is 0 Å². The van der Waals surface area contributed by atoms with Crippen LogP contribution in [-0.2, 0) is 59.6 Å². The zero-order valence-corrected chi connectivity index (χ0v) is 9.39. The molecule has 0 aromatic carbocycles. The van der Waals surface area contributed by atoms with Crippen molar-refractivity contribution in [2.24, 2.45) is 0 Å². The van der Waals surface area contributed by atoms with Crippen molar-refractivity contribution >= 4 is 20.8 Å². The first kappa shape index (κ1) is 23.1. The van der Waals surface area contributed by atoms with Crippen LogP contribution in [0.2, 0.25) is 0 Å². The van der Waals surface area contributed by atoms with E-state index in [9.17, 15) is 0 Å². The fourth-order valence-corrected chi connectivity index (χ4v) is 0. The molecule has 76 valence electrons. The Bertz CT molecular complexity index is 213. The Morgan fingerprint density at radius 1 is 0.667 bits per heavy atom. The van der Waals surface area contributed by atoms with E-state index in [1.807, 2.05) is 0 Å². The van der Waals surface area contributed by atoms with E-state index >= 15 is 0 Å². The largest absolute Gasteiger partial charge is 0.394 e. The molecule has 0 rings (SSSR count). The Morgan fingerprint density at radius 3 is 0.667 bits per heavy atom. The number of rotatable bonds is 0. The first-order valence-corrected chi connectivity index (χ1v) is 4.19. The average Bonchev–Trinajstić information content (AvgIpc) is 1.12. The van der Waals surface area contributed by atoms with Gasteiger partial charge in [-0.25, -0.2) is 0 Å². The predicted octanol–water partition coefficient (Wildman–Crippen LogP) is -1.31. The molecule has 4 N–H and O–H groups in total. The standard InChI is InChI=1S/Fe.2H2O4S.Ti/c;2*1-5(2,3)4;/h;2*(H2,1,2,3,4);. The molecule has 0 radical (unpaired) electrons. The molecule has 0 aliphatic heterocycles. The third-order valence-electron chi connectivity index (χ3n) is 0. The van der Waals surface area contributed by atoms with Crippen LogP contribution < -0.4 is 0 Å². The summed E-state index contributed by atoms with van der Waals surface area (Å²) in [5.74, 6) is 0. The van der Waals surface area contributed by atoms with Gasteiger partial charge in [0, 0.05) is 38.8 Å². The Labute approximate surface area is 94.2 Å². The van der Waals surface area contributed by atoms with E-state index in [1.54, 1.807) is 0 Å². The van der Waals surface area contributed by atoms with E-state index in [2.05, 4.69) is 0 Å². The van der Waals surface area contributed by atoms with E-state index in [1.165, 1.54) is 0 Å². The molecule has 0 aliphatic rings. The molecule has 0 aliphatic carbocycles. The van der Waals surface area contributed by atoms with Gasteiger partial charge in [0.25, 0.3) is 0 Å². The van der Waals surface area contributed by atoms with Gasteiger partial charge in [0.05, 0.1) is 0 Å². The van der Waals surface area contributed by atoms with Crippen LogP contribution in [0.1, 0.15) is 0 Å². The van der Waals surface area contributed by atoms with Crippen molar-refractivity contribution in [2.75, 3.05) is 0 Å². The van der Waals surface area contributed by atoms with Crippen LogP contribution in [0.5, 0.6) is 0 Å². The van der Waals surface area contributed by atoms with Gasteiger partial charge in [0.1, 0.15) is 0 Å². The SMILES string of the molecule is O=S(=O)(O)O.O=S(=O)(O)O.[Fe].[Ti]. The molecule has 12 heteroatoms. The molecule has 0 bridgehead atoms. The summed E-state index contributed by atoms with van der Waals surface area (Å²) in [7, 11) is -9.33. The molecule has 0 atom stereocenters. The summed E-state index contributed by atoms with van der Waals surface area (Å²) < 4.78 is 63.2. The molecular formula is H4FeO8S2Ti. The van der Waals surface area contributed by atoms with Crippen LogP contribution in [-0.4, -0.2) is 35.0 Å². The maximum Gasteiger partial charge on any atom is 0.394 e. The number of hydrogen-bond donors (Lipinski definition) is 4. The molecule has 0 saturated carbocycles. The summed E-state index contributed by atoms with van der Waals surface area (Å²) in [5.41, 5.74) is 0. The molecular weight excluding hydrogens is 296 g/mol. The average molecular weight is 300 g/mol. The van der Waals surface area contributed by atoms with Gasteiger partial charge in [0.15, 0.2) is 0 Å². The van der Waals surface area contributed by atoms with Crippen molar-refractivity contribution in [3.8, 4) is 0 Å². The van der Waals surface area contributed by atoms with Crippen molar-refractivity contribution in [3.05, 3.63) is 0 Å². The Morgan fingerprint density at radius 2 is 0.667 bits per heavy atom. The van der Waals surface area contributed by atoms with Crippen molar-refractivity contribution in [1.82, 2.24) is 0 Å². The van der Waals surface area contributed by atoms with Crippen molar-refractivity contribution in [1.29, 1.82) is 0 Å². The van der Waals surface area contributed by atoms with E-state index in [0.717, 1.165) is 0 Å². The molecule has 0 saturated heterocycles. The van der Waals surface area contributed by atoms with Gasteiger partial charge in [-0.15, -0.1) is 0 Å². The first-order chi connectivity index (χ1) is 4.00. The fraction of sp³-hybridized carbons (Fsp3) is 0. The molecule has 0 amide bonds. The van der Waals surface area contributed by atoms with E-state index in [0.29, 0.717) is 0 Å². The third-order valence-corrected chi connectivity index (χ3v) is 0. The maximum absolute atomic E-state index is 8.74. The second kappa shape index (κ2) is 8.57. The zero-order chi connectivity index (χ0) is 9.00. The molecule has 0 fully saturated rings. The van der Waals surface area contributed by atoms with E-state index < -0.39 is 20.8 Å². The maximum atomic E-state index is 8.74. The predicted molar refractivity (Wildman–Crippen MR) is 28.4 cm³/mol. The molecule has 8 nitrogen and oxygen atoms in total. The van der Waals surface area contributed by atoms with Gasteiger partial charge in [-0.3, -0.25) is 18.2 Å². The second-order valence-corrected chi connectivity index (χ2v) is 2.69. The second-order valence-electron chi connectivity index (χ2n) is 0.896. The molecule has 12 heavy (non-hydrogen) atoms. The Hall–Kier alpha value is 0.974. The summed E-state index contributed by atoms with van der Waals surface area (Å²) in [6.45, 7) is 0. The van der Waals surface area contributed by atoms with E-state index in [4.69, 9.17) is 35.0 Å². The van der Waals surface area contributed by atoms with Crippen LogP contribution in [0.3, 0.4) is 0 Å². The van der Waals surface area contributed by atoms with E-state index in [-0.39, 0.29) is 38.8 Å². The summed E-state index contributed by atoms with van der Waals surface area (Å²) in [5, 5.41) is 0. The van der Waals surface area contributed by atoms with Gasteiger partial charge in [-0.2, -0.15) is 16.8 Å². The monoisotopic (exact) mass is 300 g/mol. The first-order valence-electron chi connectivity index (χ1n) is 1.40. The topological polar surface area (TPSA) is 149 Å².